The van der Waals surface area contributed by atoms with Gasteiger partial charge in [0, 0.05) is 36.2 Å². The monoisotopic (exact) mass is 358 g/mol. The molecule has 5 nitrogen and oxygen atoms in total. The van der Waals surface area contributed by atoms with Crippen LogP contribution >= 0.6 is 0 Å². The van der Waals surface area contributed by atoms with E-state index in [0.29, 0.717) is 18.3 Å². The number of nitrogens with zero attached hydrogens (tertiary/aromatic N) is 2. The van der Waals surface area contributed by atoms with E-state index in [1.54, 1.807) is 0 Å². The van der Waals surface area contributed by atoms with Gasteiger partial charge < -0.3 is 14.7 Å². The fourth-order valence-electron chi connectivity index (χ4n) is 4.84. The molecule has 5 heteroatoms. The number of carbonyl (C=O) groups is 1. The number of carbonyl (C=O) groups excluding carboxylic acids is 1. The average molecular weight is 358 g/mol. The number of amides is 1. The zero-order chi connectivity index (χ0) is 18.5. The van der Waals surface area contributed by atoms with Crippen LogP contribution < -0.4 is 4.74 Å². The first-order chi connectivity index (χ1) is 12.3. The maximum absolute atomic E-state index is 12.5. The molecule has 2 saturated carbocycles. The number of hydrogen-bond acceptors (Lipinski definition) is 4. The number of pyridine rings is 1. The van der Waals surface area contributed by atoms with Gasteiger partial charge in [0.2, 0.25) is 11.8 Å². The highest BCUT2D eigenvalue weighted by Gasteiger charge is 2.51. The van der Waals surface area contributed by atoms with Crippen molar-refractivity contribution in [2.24, 2.45) is 11.3 Å². The Morgan fingerprint density at radius 1 is 1.23 bits per heavy atom. The molecule has 2 aliphatic carbocycles. The Morgan fingerprint density at radius 2 is 1.88 bits per heavy atom. The first kappa shape index (κ1) is 17.8. The standard InChI is InChI=1S/C21H30N2O3/c1-14-4-5-18(22-15(14)2)26-17-6-8-21(9-7-17)12-23(13-21)19(24)16-10-20(3,25)11-16/h4-5,16-17,25H,6-13H2,1-3H3/t16-,20+. The number of aliphatic hydroxyl groups is 1. The van der Waals surface area contributed by atoms with Gasteiger partial charge in [-0.25, -0.2) is 4.98 Å². The maximum Gasteiger partial charge on any atom is 0.225 e. The van der Waals surface area contributed by atoms with Crippen LogP contribution in [-0.4, -0.2) is 45.7 Å². The summed E-state index contributed by atoms with van der Waals surface area (Å²) in [5.41, 5.74) is 1.89. The van der Waals surface area contributed by atoms with Crippen LogP contribution in [0.2, 0.25) is 0 Å². The van der Waals surface area contributed by atoms with Crippen LogP contribution in [0.1, 0.15) is 56.7 Å². The van der Waals surface area contributed by atoms with Gasteiger partial charge in [-0.05, 0) is 64.9 Å². The number of rotatable bonds is 3. The smallest absolute Gasteiger partial charge is 0.225 e. The van der Waals surface area contributed by atoms with Crippen LogP contribution in [0.15, 0.2) is 12.1 Å². The lowest BCUT2D eigenvalue weighted by Crippen LogP contribution is -2.63. The van der Waals surface area contributed by atoms with E-state index in [4.69, 9.17) is 4.74 Å². The molecular formula is C21H30N2O3. The van der Waals surface area contributed by atoms with Crippen molar-refractivity contribution in [1.29, 1.82) is 0 Å². The van der Waals surface area contributed by atoms with Gasteiger partial charge in [-0.3, -0.25) is 4.79 Å². The van der Waals surface area contributed by atoms with Gasteiger partial charge >= 0.3 is 0 Å². The second kappa shape index (κ2) is 6.22. The first-order valence-corrected chi connectivity index (χ1v) is 9.87. The van der Waals surface area contributed by atoms with E-state index in [9.17, 15) is 9.90 Å². The molecule has 1 aromatic heterocycles. The van der Waals surface area contributed by atoms with E-state index < -0.39 is 5.60 Å². The maximum atomic E-state index is 12.5. The van der Waals surface area contributed by atoms with Crippen molar-refractivity contribution in [1.82, 2.24) is 9.88 Å². The molecule has 0 bridgehead atoms. The van der Waals surface area contributed by atoms with Crippen LogP contribution in [0.5, 0.6) is 5.88 Å². The van der Waals surface area contributed by atoms with Crippen LogP contribution in [0.3, 0.4) is 0 Å². The fourth-order valence-corrected chi connectivity index (χ4v) is 4.84. The average Bonchev–Trinajstić information content (AvgIpc) is 2.54. The van der Waals surface area contributed by atoms with Gasteiger partial charge in [0.1, 0.15) is 6.10 Å². The molecule has 1 aromatic rings. The van der Waals surface area contributed by atoms with Crippen LogP contribution in [-0.2, 0) is 4.79 Å². The molecular weight excluding hydrogens is 328 g/mol. The van der Waals surface area contributed by atoms with E-state index in [1.165, 1.54) is 5.56 Å². The Hall–Kier alpha value is -1.62. The number of aromatic nitrogens is 1. The molecule has 4 rings (SSSR count). The van der Waals surface area contributed by atoms with Crippen molar-refractivity contribution in [2.45, 2.75) is 71.0 Å². The van der Waals surface area contributed by atoms with Crippen molar-refractivity contribution in [3.8, 4) is 5.88 Å². The lowest BCUT2D eigenvalue weighted by Gasteiger charge is -2.55. The second-order valence-electron chi connectivity index (χ2n) is 9.17. The molecule has 3 aliphatic rings. The van der Waals surface area contributed by atoms with Crippen LogP contribution in [0.4, 0.5) is 0 Å². The number of ether oxygens (including phenoxy) is 1. The summed E-state index contributed by atoms with van der Waals surface area (Å²) in [4.78, 5) is 19.0. The first-order valence-electron chi connectivity index (χ1n) is 9.87. The van der Waals surface area contributed by atoms with Crippen LogP contribution in [0, 0.1) is 25.2 Å². The molecule has 142 valence electrons. The van der Waals surface area contributed by atoms with Crippen molar-refractivity contribution in [3.63, 3.8) is 0 Å². The van der Waals surface area contributed by atoms with E-state index in [1.807, 2.05) is 24.8 Å². The summed E-state index contributed by atoms with van der Waals surface area (Å²) in [5.74, 6) is 1.02. The van der Waals surface area contributed by atoms with Crippen molar-refractivity contribution >= 4 is 5.91 Å². The highest BCUT2D eigenvalue weighted by molar-refractivity contribution is 5.81. The number of hydrogen-bond donors (Lipinski definition) is 1. The summed E-state index contributed by atoms with van der Waals surface area (Å²) in [6.45, 7) is 7.67. The van der Waals surface area contributed by atoms with Crippen molar-refractivity contribution in [2.75, 3.05) is 13.1 Å². The van der Waals surface area contributed by atoms with Gasteiger partial charge in [-0.2, -0.15) is 0 Å². The molecule has 0 unspecified atom stereocenters. The summed E-state index contributed by atoms with van der Waals surface area (Å²) >= 11 is 0. The Bertz CT molecular complexity index is 691. The molecule has 1 spiro atoms. The highest BCUT2D eigenvalue weighted by Crippen LogP contribution is 2.47. The minimum absolute atomic E-state index is 0.0397. The summed E-state index contributed by atoms with van der Waals surface area (Å²) in [6, 6.07) is 4.03. The van der Waals surface area contributed by atoms with Gasteiger partial charge in [-0.1, -0.05) is 6.07 Å². The summed E-state index contributed by atoms with van der Waals surface area (Å²) < 4.78 is 6.10. The van der Waals surface area contributed by atoms with E-state index >= 15 is 0 Å². The van der Waals surface area contributed by atoms with E-state index in [2.05, 4.69) is 18.0 Å². The Kier molecular flexibility index (Phi) is 4.25. The molecule has 1 N–H and O–H groups in total. The second-order valence-corrected chi connectivity index (χ2v) is 9.17. The lowest BCUT2D eigenvalue weighted by atomic mass is 9.66. The predicted molar refractivity (Wildman–Crippen MR) is 99.0 cm³/mol. The van der Waals surface area contributed by atoms with Gasteiger partial charge in [0.25, 0.3) is 0 Å². The van der Waals surface area contributed by atoms with Gasteiger partial charge in [-0.15, -0.1) is 0 Å². The third-order valence-corrected chi connectivity index (χ3v) is 6.69. The Morgan fingerprint density at radius 3 is 2.46 bits per heavy atom. The third-order valence-electron chi connectivity index (χ3n) is 6.69. The molecule has 1 amide bonds. The molecule has 0 radical (unpaired) electrons. The number of likely N-dealkylation sites (tertiary alicyclic amines) is 1. The molecule has 1 aliphatic heterocycles. The van der Waals surface area contributed by atoms with Crippen molar-refractivity contribution in [3.05, 3.63) is 23.4 Å². The highest BCUT2D eigenvalue weighted by atomic mass is 16.5. The summed E-state index contributed by atoms with van der Waals surface area (Å²) in [6.07, 6.45) is 5.79. The normalized spacial score (nSPS) is 30.6. The quantitative estimate of drug-likeness (QED) is 0.902. The molecule has 26 heavy (non-hydrogen) atoms. The topological polar surface area (TPSA) is 62.7 Å². The summed E-state index contributed by atoms with van der Waals surface area (Å²) in [7, 11) is 0. The third kappa shape index (κ3) is 3.34. The largest absolute Gasteiger partial charge is 0.474 e. The van der Waals surface area contributed by atoms with Crippen LogP contribution in [0.25, 0.3) is 0 Å². The number of aryl methyl sites for hydroxylation is 2. The minimum atomic E-state index is -0.624. The lowest BCUT2D eigenvalue weighted by molar-refractivity contribution is -0.164. The molecule has 0 atom stereocenters. The summed E-state index contributed by atoms with van der Waals surface area (Å²) in [5, 5.41) is 9.84. The zero-order valence-corrected chi connectivity index (χ0v) is 16.1. The SMILES string of the molecule is Cc1ccc(OC2CCC3(CC2)CN(C(=O)[C@H]2C[C@@](C)(O)C2)C3)nc1C. The van der Waals surface area contributed by atoms with E-state index in [-0.39, 0.29) is 17.9 Å². The van der Waals surface area contributed by atoms with E-state index in [0.717, 1.165) is 50.3 Å². The fraction of sp³-hybridized carbons (Fsp3) is 0.714. The Balaban J connectivity index is 1.24. The van der Waals surface area contributed by atoms with Gasteiger partial charge in [0.15, 0.2) is 0 Å². The van der Waals surface area contributed by atoms with Crippen molar-refractivity contribution < 1.29 is 14.6 Å². The molecule has 0 aromatic carbocycles. The molecule has 1 saturated heterocycles. The molecule has 3 fully saturated rings. The minimum Gasteiger partial charge on any atom is -0.474 e. The zero-order valence-electron chi connectivity index (χ0n) is 16.1. The predicted octanol–water partition coefficient (Wildman–Crippen LogP) is 3.01. The molecule has 2 heterocycles. The Labute approximate surface area is 155 Å². The van der Waals surface area contributed by atoms with Gasteiger partial charge in [0.05, 0.1) is 5.60 Å².